The summed E-state index contributed by atoms with van der Waals surface area (Å²) < 4.78 is 6.05. The van der Waals surface area contributed by atoms with E-state index in [4.69, 9.17) is 4.74 Å². The Kier molecular flexibility index (Phi) is 2.94. The van der Waals surface area contributed by atoms with Gasteiger partial charge < -0.3 is 4.74 Å². The van der Waals surface area contributed by atoms with Crippen molar-refractivity contribution in [3.8, 4) is 0 Å². The number of hydrogen-bond donors (Lipinski definition) is 0. The van der Waals surface area contributed by atoms with Crippen molar-refractivity contribution in [3.63, 3.8) is 0 Å². The maximum Gasteiger partial charge on any atom is 0.0797 e. The van der Waals surface area contributed by atoms with Crippen molar-refractivity contribution >= 4 is 0 Å². The fraction of sp³-hybridized carbons (Fsp3) is 0.867. The van der Waals surface area contributed by atoms with Crippen LogP contribution in [0.5, 0.6) is 0 Å². The molecule has 0 aromatic carbocycles. The van der Waals surface area contributed by atoms with Gasteiger partial charge in [-0.25, -0.2) is 0 Å². The number of rotatable bonds is 2. The monoisotopic (exact) mass is 222 g/mol. The molecule has 3 atom stereocenters. The van der Waals surface area contributed by atoms with Crippen molar-refractivity contribution in [1.29, 1.82) is 0 Å². The molecule has 1 saturated carbocycles. The minimum atomic E-state index is 0.363. The fourth-order valence-electron chi connectivity index (χ4n) is 3.79. The molecule has 2 rings (SSSR count). The molecule has 1 aliphatic carbocycles. The quantitative estimate of drug-likeness (QED) is 0.637. The van der Waals surface area contributed by atoms with Gasteiger partial charge in [-0.2, -0.15) is 0 Å². The maximum absolute atomic E-state index is 6.05. The Labute approximate surface area is 100 Å². The zero-order valence-electron chi connectivity index (χ0n) is 11.5. The van der Waals surface area contributed by atoms with Gasteiger partial charge in [-0.3, -0.25) is 0 Å². The summed E-state index contributed by atoms with van der Waals surface area (Å²) in [5, 5.41) is 0. The van der Waals surface area contributed by atoms with E-state index in [0.717, 1.165) is 13.0 Å². The zero-order valence-corrected chi connectivity index (χ0v) is 11.5. The van der Waals surface area contributed by atoms with E-state index in [0.29, 0.717) is 22.9 Å². The third kappa shape index (κ3) is 1.84. The summed E-state index contributed by atoms with van der Waals surface area (Å²) in [4.78, 5) is 0. The molecule has 0 spiro atoms. The third-order valence-electron chi connectivity index (χ3n) is 4.87. The van der Waals surface area contributed by atoms with E-state index in [9.17, 15) is 0 Å². The highest BCUT2D eigenvalue weighted by molar-refractivity contribution is 5.13. The summed E-state index contributed by atoms with van der Waals surface area (Å²) in [6.45, 7) is 12.7. The third-order valence-corrected chi connectivity index (χ3v) is 4.87. The molecular formula is C15H26O. The lowest BCUT2D eigenvalue weighted by Gasteiger charge is -2.33. The van der Waals surface area contributed by atoms with E-state index in [1.165, 1.54) is 18.4 Å². The molecule has 0 aromatic rings. The lowest BCUT2D eigenvalue weighted by atomic mass is 9.70. The molecule has 0 amide bonds. The largest absolute Gasteiger partial charge is 0.373 e. The molecule has 1 heteroatoms. The minimum Gasteiger partial charge on any atom is -0.373 e. The van der Waals surface area contributed by atoms with Crippen LogP contribution in [-0.2, 0) is 4.74 Å². The smallest absolute Gasteiger partial charge is 0.0797 e. The summed E-state index contributed by atoms with van der Waals surface area (Å²) >= 11 is 0. The van der Waals surface area contributed by atoms with Gasteiger partial charge in [-0.15, -0.1) is 0 Å². The Morgan fingerprint density at radius 3 is 2.62 bits per heavy atom. The van der Waals surface area contributed by atoms with Gasteiger partial charge in [0.1, 0.15) is 0 Å². The van der Waals surface area contributed by atoms with Crippen LogP contribution >= 0.6 is 0 Å². The Morgan fingerprint density at radius 1 is 1.31 bits per heavy atom. The van der Waals surface area contributed by atoms with Crippen LogP contribution in [0.25, 0.3) is 0 Å². The van der Waals surface area contributed by atoms with Gasteiger partial charge >= 0.3 is 0 Å². The molecule has 16 heavy (non-hydrogen) atoms. The SMILES string of the molecule is CCC(C)=CC1OCC2(C)CCC(C)(C)C12. The van der Waals surface area contributed by atoms with Crippen molar-refractivity contribution in [3.05, 3.63) is 11.6 Å². The average molecular weight is 222 g/mol. The van der Waals surface area contributed by atoms with Crippen LogP contribution < -0.4 is 0 Å². The van der Waals surface area contributed by atoms with Gasteiger partial charge in [0.15, 0.2) is 0 Å². The van der Waals surface area contributed by atoms with E-state index in [1.807, 2.05) is 0 Å². The molecule has 0 aromatic heterocycles. The molecule has 0 N–H and O–H groups in total. The molecule has 1 heterocycles. The van der Waals surface area contributed by atoms with Gasteiger partial charge in [0.2, 0.25) is 0 Å². The van der Waals surface area contributed by atoms with Gasteiger partial charge in [-0.1, -0.05) is 39.3 Å². The number of hydrogen-bond acceptors (Lipinski definition) is 1. The summed E-state index contributed by atoms with van der Waals surface area (Å²) in [6, 6.07) is 0. The van der Waals surface area contributed by atoms with Crippen LogP contribution in [0, 0.1) is 16.7 Å². The predicted molar refractivity (Wildman–Crippen MR) is 68.4 cm³/mol. The second kappa shape index (κ2) is 3.87. The van der Waals surface area contributed by atoms with Crippen molar-refractivity contribution in [1.82, 2.24) is 0 Å². The van der Waals surface area contributed by atoms with Crippen LogP contribution in [0.4, 0.5) is 0 Å². The van der Waals surface area contributed by atoms with Gasteiger partial charge in [0.25, 0.3) is 0 Å². The second-order valence-corrected chi connectivity index (χ2v) is 6.76. The number of ether oxygens (including phenoxy) is 1. The Hall–Kier alpha value is -0.300. The van der Waals surface area contributed by atoms with Crippen LogP contribution in [-0.4, -0.2) is 12.7 Å². The fourth-order valence-corrected chi connectivity index (χ4v) is 3.79. The molecule has 1 nitrogen and oxygen atoms in total. The zero-order chi connectivity index (χ0) is 12.0. The van der Waals surface area contributed by atoms with E-state index < -0.39 is 0 Å². The standard InChI is InChI=1S/C15H26O/c1-6-11(2)9-12-13-14(3,4)7-8-15(13,5)10-16-12/h9,12-13H,6-8,10H2,1-5H3. The van der Waals surface area contributed by atoms with Crippen LogP contribution in [0.1, 0.15) is 53.9 Å². The first-order chi connectivity index (χ1) is 7.39. The van der Waals surface area contributed by atoms with E-state index in [2.05, 4.69) is 40.7 Å². The molecule has 1 aliphatic heterocycles. The highest BCUT2D eigenvalue weighted by Gasteiger charge is 2.56. The van der Waals surface area contributed by atoms with Gasteiger partial charge in [0.05, 0.1) is 12.7 Å². The molecule has 2 aliphatic rings. The van der Waals surface area contributed by atoms with E-state index in [1.54, 1.807) is 0 Å². The lowest BCUT2D eigenvalue weighted by molar-refractivity contribution is 0.0871. The summed E-state index contributed by atoms with van der Waals surface area (Å²) in [5.74, 6) is 0.710. The highest BCUT2D eigenvalue weighted by Crippen LogP contribution is 2.59. The van der Waals surface area contributed by atoms with Crippen LogP contribution in [0.2, 0.25) is 0 Å². The van der Waals surface area contributed by atoms with Gasteiger partial charge in [-0.05, 0) is 37.0 Å². The first kappa shape index (κ1) is 12.2. The topological polar surface area (TPSA) is 9.23 Å². The Balaban J connectivity index is 2.25. The first-order valence-corrected chi connectivity index (χ1v) is 6.68. The molecule has 92 valence electrons. The molecule has 2 fully saturated rings. The lowest BCUT2D eigenvalue weighted by Crippen LogP contribution is -2.32. The highest BCUT2D eigenvalue weighted by atomic mass is 16.5. The molecule has 3 unspecified atom stereocenters. The minimum absolute atomic E-state index is 0.363. The van der Waals surface area contributed by atoms with Gasteiger partial charge in [0, 0.05) is 5.92 Å². The average Bonchev–Trinajstić information content (AvgIpc) is 2.65. The van der Waals surface area contributed by atoms with E-state index >= 15 is 0 Å². The summed E-state index contributed by atoms with van der Waals surface area (Å²) in [5.41, 5.74) is 2.34. The van der Waals surface area contributed by atoms with Crippen molar-refractivity contribution in [2.24, 2.45) is 16.7 Å². The Bertz CT molecular complexity index is 303. The number of allylic oxidation sites excluding steroid dienone is 1. The van der Waals surface area contributed by atoms with Crippen molar-refractivity contribution in [2.45, 2.75) is 60.0 Å². The molecule has 0 radical (unpaired) electrons. The number of fused-ring (bicyclic) bond motifs is 1. The Morgan fingerprint density at radius 2 is 2.00 bits per heavy atom. The molecule has 0 bridgehead atoms. The van der Waals surface area contributed by atoms with Crippen LogP contribution in [0.15, 0.2) is 11.6 Å². The van der Waals surface area contributed by atoms with Crippen LogP contribution in [0.3, 0.4) is 0 Å². The second-order valence-electron chi connectivity index (χ2n) is 6.76. The summed E-state index contributed by atoms with van der Waals surface area (Å²) in [7, 11) is 0. The summed E-state index contributed by atoms with van der Waals surface area (Å²) in [6.07, 6.45) is 6.57. The normalized spacial score (nSPS) is 42.4. The van der Waals surface area contributed by atoms with E-state index in [-0.39, 0.29) is 0 Å². The first-order valence-electron chi connectivity index (χ1n) is 6.68. The van der Waals surface area contributed by atoms with Crippen molar-refractivity contribution in [2.75, 3.05) is 6.61 Å². The maximum atomic E-state index is 6.05. The molecular weight excluding hydrogens is 196 g/mol. The predicted octanol–water partition coefficient (Wildman–Crippen LogP) is 4.18. The molecule has 1 saturated heterocycles. The van der Waals surface area contributed by atoms with Crippen molar-refractivity contribution < 1.29 is 4.74 Å².